The van der Waals surface area contributed by atoms with Crippen LogP contribution in [-0.4, -0.2) is 42.2 Å². The Kier molecular flexibility index (Phi) is 6.53. The number of halogens is 3. The largest absolute Gasteiger partial charge is 0.422 e. The fourth-order valence-corrected chi connectivity index (χ4v) is 3.69. The second-order valence-electron chi connectivity index (χ2n) is 5.56. The van der Waals surface area contributed by atoms with E-state index in [0.29, 0.717) is 47.6 Å². The summed E-state index contributed by atoms with van der Waals surface area (Å²) in [6, 6.07) is 9.95. The molecule has 136 valence electrons. The van der Waals surface area contributed by atoms with Gasteiger partial charge in [0.05, 0.1) is 29.4 Å². The van der Waals surface area contributed by atoms with Gasteiger partial charge >= 0.3 is 5.97 Å². The molecule has 2 aromatic carbocycles. The SMILES string of the molecule is O=C(Oc1ccc(Br)cc1C(=S)N1CCOCC1)c1ccc(Cl)cc1Cl. The maximum Gasteiger partial charge on any atom is 0.345 e. The van der Waals surface area contributed by atoms with Crippen molar-refractivity contribution in [2.24, 2.45) is 0 Å². The molecular weight excluding hydrogens is 461 g/mol. The summed E-state index contributed by atoms with van der Waals surface area (Å²) in [5.74, 6) is -0.194. The van der Waals surface area contributed by atoms with Crippen molar-refractivity contribution in [2.45, 2.75) is 0 Å². The lowest BCUT2D eigenvalue weighted by atomic mass is 10.1. The van der Waals surface area contributed by atoms with Crippen LogP contribution in [0.25, 0.3) is 0 Å². The summed E-state index contributed by atoms with van der Waals surface area (Å²) in [6.07, 6.45) is 0. The van der Waals surface area contributed by atoms with E-state index in [0.717, 1.165) is 4.47 Å². The molecule has 3 rings (SSSR count). The molecule has 0 atom stereocenters. The minimum Gasteiger partial charge on any atom is -0.422 e. The van der Waals surface area contributed by atoms with E-state index >= 15 is 0 Å². The van der Waals surface area contributed by atoms with Gasteiger partial charge in [-0.2, -0.15) is 0 Å². The van der Waals surface area contributed by atoms with Crippen molar-refractivity contribution in [1.29, 1.82) is 0 Å². The second-order valence-corrected chi connectivity index (χ2v) is 7.70. The number of nitrogens with zero attached hydrogens (tertiary/aromatic N) is 1. The molecule has 1 saturated heterocycles. The highest BCUT2D eigenvalue weighted by molar-refractivity contribution is 9.10. The lowest BCUT2D eigenvalue weighted by molar-refractivity contribution is 0.0687. The molecule has 0 N–H and O–H groups in total. The molecule has 2 aromatic rings. The number of carbonyl (C=O) groups excluding carboxylic acids is 1. The summed E-state index contributed by atoms with van der Waals surface area (Å²) in [6.45, 7) is 2.62. The van der Waals surface area contributed by atoms with E-state index in [2.05, 4.69) is 15.9 Å². The van der Waals surface area contributed by atoms with Gasteiger partial charge in [-0.25, -0.2) is 4.79 Å². The van der Waals surface area contributed by atoms with Crippen molar-refractivity contribution in [1.82, 2.24) is 4.90 Å². The third-order valence-electron chi connectivity index (χ3n) is 3.82. The van der Waals surface area contributed by atoms with Crippen LogP contribution in [0.4, 0.5) is 0 Å². The molecule has 0 bridgehead atoms. The van der Waals surface area contributed by atoms with E-state index in [4.69, 9.17) is 44.9 Å². The predicted octanol–water partition coefficient (Wildman–Crippen LogP) is 4.98. The Labute approximate surface area is 175 Å². The van der Waals surface area contributed by atoms with Crippen LogP contribution in [0, 0.1) is 0 Å². The van der Waals surface area contributed by atoms with Crippen LogP contribution in [-0.2, 0) is 4.74 Å². The van der Waals surface area contributed by atoms with E-state index in [-0.39, 0.29) is 10.6 Å². The normalized spacial score (nSPS) is 14.2. The average Bonchev–Trinajstić information content (AvgIpc) is 2.63. The number of hydrogen-bond donors (Lipinski definition) is 0. The lowest BCUT2D eigenvalue weighted by Crippen LogP contribution is -2.40. The van der Waals surface area contributed by atoms with Gasteiger partial charge < -0.3 is 14.4 Å². The quantitative estimate of drug-likeness (QED) is 0.356. The van der Waals surface area contributed by atoms with E-state index in [1.54, 1.807) is 18.2 Å². The zero-order valence-electron chi connectivity index (χ0n) is 13.5. The molecule has 0 unspecified atom stereocenters. The Hall–Kier alpha value is -1.18. The molecule has 4 nitrogen and oxygen atoms in total. The number of benzene rings is 2. The molecule has 1 aliphatic rings. The molecule has 0 radical (unpaired) electrons. The van der Waals surface area contributed by atoms with Crippen molar-refractivity contribution in [3.8, 4) is 5.75 Å². The zero-order valence-corrected chi connectivity index (χ0v) is 17.4. The first-order valence-electron chi connectivity index (χ1n) is 7.79. The van der Waals surface area contributed by atoms with Crippen LogP contribution in [0.15, 0.2) is 40.9 Å². The molecular formula is C18H14BrCl2NO3S. The monoisotopic (exact) mass is 473 g/mol. The van der Waals surface area contributed by atoms with Gasteiger partial charge in [-0.05, 0) is 36.4 Å². The molecule has 26 heavy (non-hydrogen) atoms. The maximum atomic E-state index is 12.5. The number of morpholine rings is 1. The maximum absolute atomic E-state index is 12.5. The van der Waals surface area contributed by atoms with Crippen molar-refractivity contribution < 1.29 is 14.3 Å². The molecule has 0 amide bonds. The van der Waals surface area contributed by atoms with Crippen LogP contribution in [0.2, 0.25) is 10.0 Å². The predicted molar refractivity (Wildman–Crippen MR) is 110 cm³/mol. The summed E-state index contributed by atoms with van der Waals surface area (Å²) in [7, 11) is 0. The number of thiocarbonyl (C=S) groups is 1. The molecule has 1 fully saturated rings. The first kappa shape index (κ1) is 19.6. The molecule has 8 heteroatoms. The number of esters is 1. The Morgan fingerprint density at radius 3 is 2.54 bits per heavy atom. The highest BCUT2D eigenvalue weighted by Gasteiger charge is 2.21. The van der Waals surface area contributed by atoms with Crippen LogP contribution in [0.3, 0.4) is 0 Å². The molecule has 0 aromatic heterocycles. The summed E-state index contributed by atoms with van der Waals surface area (Å²) in [5.41, 5.74) is 0.900. The fourth-order valence-electron chi connectivity index (χ4n) is 2.50. The Morgan fingerprint density at radius 2 is 1.85 bits per heavy atom. The molecule has 0 saturated carbocycles. The van der Waals surface area contributed by atoms with Gasteiger partial charge in [0.25, 0.3) is 0 Å². The highest BCUT2D eigenvalue weighted by atomic mass is 79.9. The van der Waals surface area contributed by atoms with Gasteiger partial charge in [0.1, 0.15) is 10.7 Å². The number of carbonyl (C=O) groups is 1. The topological polar surface area (TPSA) is 38.8 Å². The lowest BCUT2D eigenvalue weighted by Gasteiger charge is -2.29. The fraction of sp³-hybridized carbons (Fsp3) is 0.222. The van der Waals surface area contributed by atoms with E-state index in [1.165, 1.54) is 12.1 Å². The van der Waals surface area contributed by atoms with Gasteiger partial charge in [0.2, 0.25) is 0 Å². The summed E-state index contributed by atoms with van der Waals surface area (Å²) >= 11 is 21.0. The van der Waals surface area contributed by atoms with E-state index in [1.807, 2.05) is 11.0 Å². The van der Waals surface area contributed by atoms with Crippen molar-refractivity contribution in [2.75, 3.05) is 26.3 Å². The van der Waals surface area contributed by atoms with Gasteiger partial charge in [-0.1, -0.05) is 51.3 Å². The summed E-state index contributed by atoms with van der Waals surface area (Å²) in [4.78, 5) is 15.2. The first-order valence-corrected chi connectivity index (χ1v) is 9.75. The van der Waals surface area contributed by atoms with Crippen molar-refractivity contribution in [3.63, 3.8) is 0 Å². The second kappa shape index (κ2) is 8.67. The van der Waals surface area contributed by atoms with Crippen molar-refractivity contribution in [3.05, 3.63) is 62.0 Å². The zero-order chi connectivity index (χ0) is 18.7. The van der Waals surface area contributed by atoms with Gasteiger partial charge in [0.15, 0.2) is 0 Å². The van der Waals surface area contributed by atoms with Gasteiger partial charge in [-0.15, -0.1) is 0 Å². The Morgan fingerprint density at radius 1 is 1.12 bits per heavy atom. The van der Waals surface area contributed by atoms with E-state index < -0.39 is 5.97 Å². The minimum atomic E-state index is -0.569. The Balaban J connectivity index is 1.87. The van der Waals surface area contributed by atoms with Gasteiger partial charge in [-0.3, -0.25) is 0 Å². The third-order valence-corrected chi connectivity index (χ3v) is 5.34. The average molecular weight is 475 g/mol. The standard InChI is InChI=1S/C18H14BrCl2NO3S/c19-11-1-4-16(14(9-11)17(26)22-5-7-24-8-6-22)25-18(23)13-3-2-12(20)10-15(13)21/h1-4,9-10H,5-8H2. The number of ether oxygens (including phenoxy) is 2. The van der Waals surface area contributed by atoms with Crippen LogP contribution in [0.1, 0.15) is 15.9 Å². The molecule has 0 aliphatic carbocycles. The highest BCUT2D eigenvalue weighted by Crippen LogP contribution is 2.28. The van der Waals surface area contributed by atoms with Gasteiger partial charge in [0, 0.05) is 22.6 Å². The summed E-state index contributed by atoms with van der Waals surface area (Å²) < 4.78 is 11.8. The minimum absolute atomic E-state index is 0.233. The summed E-state index contributed by atoms with van der Waals surface area (Å²) in [5, 5.41) is 0.682. The van der Waals surface area contributed by atoms with Crippen LogP contribution in [0.5, 0.6) is 5.75 Å². The Bertz CT molecular complexity index is 856. The number of rotatable bonds is 3. The van der Waals surface area contributed by atoms with E-state index in [9.17, 15) is 4.79 Å². The molecule has 1 heterocycles. The molecule has 0 spiro atoms. The van der Waals surface area contributed by atoms with Crippen molar-refractivity contribution >= 4 is 62.3 Å². The third kappa shape index (κ3) is 4.56. The van der Waals surface area contributed by atoms with Crippen LogP contribution >= 0.6 is 51.3 Å². The van der Waals surface area contributed by atoms with Crippen LogP contribution < -0.4 is 4.74 Å². The first-order chi connectivity index (χ1) is 12.5. The smallest absolute Gasteiger partial charge is 0.345 e. The molecule has 1 aliphatic heterocycles. The number of hydrogen-bond acceptors (Lipinski definition) is 4.